The molecule has 0 fully saturated rings. The summed E-state index contributed by atoms with van der Waals surface area (Å²) in [6, 6.07) is 12.0. The average Bonchev–Trinajstić information content (AvgIpc) is 2.67. The number of alkyl halides is 6. The van der Waals surface area contributed by atoms with E-state index in [1.165, 1.54) is 0 Å². The Balaban J connectivity index is 0.000000304. The molecule has 0 aliphatic carbocycles. The molecule has 0 saturated carbocycles. The lowest BCUT2D eigenvalue weighted by atomic mass is 10.0. The molecule has 0 bridgehead atoms. The van der Waals surface area contributed by atoms with Gasteiger partial charge in [-0.05, 0) is 11.6 Å². The van der Waals surface area contributed by atoms with Gasteiger partial charge < -0.3 is 0 Å². The molecule has 2 nitrogen and oxygen atoms in total. The lowest BCUT2D eigenvalue weighted by Gasteiger charge is -2.29. The predicted octanol–water partition coefficient (Wildman–Crippen LogP) is 4.78. The molecular weight excluding hydrogens is 345 g/mol. The van der Waals surface area contributed by atoms with Gasteiger partial charge >= 0.3 is 17.9 Å². The van der Waals surface area contributed by atoms with E-state index in [1.54, 1.807) is 0 Å². The Labute approximate surface area is 125 Å². The average molecular weight is 351 g/mol. The van der Waals surface area contributed by atoms with Crippen LogP contribution in [0.15, 0.2) is 46.4 Å². The number of amidine groups is 1. The summed E-state index contributed by atoms with van der Waals surface area (Å²) in [4.78, 5) is 4.87. The normalized spacial score (nSPS) is 17.5. The molecule has 0 radical (unpaired) electrons. The van der Waals surface area contributed by atoms with E-state index in [-0.39, 0.29) is 0 Å². The largest absolute Gasteiger partial charge is 0.429 e. The van der Waals surface area contributed by atoms with Crippen molar-refractivity contribution in [1.29, 1.82) is 0 Å². The molecule has 0 spiro atoms. The van der Waals surface area contributed by atoms with Crippen molar-refractivity contribution in [3.63, 3.8) is 0 Å². The van der Waals surface area contributed by atoms with Crippen LogP contribution in [0.5, 0.6) is 0 Å². The van der Waals surface area contributed by atoms with Gasteiger partial charge in [-0.1, -0.05) is 48.0 Å². The fourth-order valence-corrected chi connectivity index (χ4v) is 1.87. The monoisotopic (exact) mass is 350 g/mol. The first-order valence-corrected chi connectivity index (χ1v) is 5.91. The summed E-state index contributed by atoms with van der Waals surface area (Å²) in [7, 11) is 0. The SMILES string of the molecule is FC(F)(F)C1(C(F)(F)F)N=C(Cl)N=C1Cl.c1ccccc1. The van der Waals surface area contributed by atoms with Crippen molar-refractivity contribution < 1.29 is 26.3 Å². The zero-order valence-corrected chi connectivity index (χ0v) is 11.4. The summed E-state index contributed by atoms with van der Waals surface area (Å²) in [5.74, 6) is 0. The Kier molecular flexibility index (Phi) is 5.27. The van der Waals surface area contributed by atoms with E-state index in [2.05, 4.69) is 9.98 Å². The lowest BCUT2D eigenvalue weighted by Crippen LogP contribution is -2.58. The molecule has 1 aromatic rings. The highest BCUT2D eigenvalue weighted by Gasteiger charge is 2.76. The van der Waals surface area contributed by atoms with E-state index in [4.69, 9.17) is 23.2 Å². The summed E-state index contributed by atoms with van der Waals surface area (Å²) in [6.45, 7) is 0. The van der Waals surface area contributed by atoms with Gasteiger partial charge in [0.1, 0.15) is 0 Å². The molecule has 0 N–H and O–H groups in total. The second-order valence-corrected chi connectivity index (χ2v) is 4.34. The second kappa shape index (κ2) is 6.23. The Bertz CT molecular complexity index is 495. The number of rotatable bonds is 0. The highest BCUT2D eigenvalue weighted by Crippen LogP contribution is 2.50. The van der Waals surface area contributed by atoms with E-state index < -0.39 is 28.4 Å². The Hall–Kier alpha value is -1.28. The third kappa shape index (κ3) is 3.68. The third-order valence-corrected chi connectivity index (χ3v) is 2.76. The van der Waals surface area contributed by atoms with Crippen molar-refractivity contribution >= 4 is 33.7 Å². The van der Waals surface area contributed by atoms with Crippen LogP contribution in [0, 0.1) is 0 Å². The zero-order chi connectivity index (χ0) is 16.3. The lowest BCUT2D eigenvalue weighted by molar-refractivity contribution is -0.269. The van der Waals surface area contributed by atoms with Crippen LogP contribution in [-0.2, 0) is 0 Å². The van der Waals surface area contributed by atoms with Gasteiger partial charge in [-0.15, -0.1) is 0 Å². The number of aliphatic imine (C=N–C) groups is 2. The van der Waals surface area contributed by atoms with Crippen LogP contribution in [0.4, 0.5) is 26.3 Å². The minimum atomic E-state index is -5.75. The Morgan fingerprint density at radius 2 is 1.10 bits per heavy atom. The maximum Gasteiger partial charge on any atom is 0.429 e. The van der Waals surface area contributed by atoms with E-state index in [0.717, 1.165) is 0 Å². The molecule has 116 valence electrons. The van der Waals surface area contributed by atoms with Gasteiger partial charge in [0.15, 0.2) is 5.17 Å². The van der Waals surface area contributed by atoms with Crippen molar-refractivity contribution in [2.24, 2.45) is 9.98 Å². The highest BCUT2D eigenvalue weighted by atomic mass is 35.5. The van der Waals surface area contributed by atoms with E-state index in [1.807, 2.05) is 36.4 Å². The molecule has 0 aromatic heterocycles. The number of halogens is 8. The maximum atomic E-state index is 12.3. The molecule has 1 aliphatic heterocycles. The molecule has 0 amide bonds. The molecule has 21 heavy (non-hydrogen) atoms. The number of hydrogen-bond donors (Lipinski definition) is 0. The van der Waals surface area contributed by atoms with Crippen molar-refractivity contribution in [3.8, 4) is 0 Å². The molecule has 1 aromatic carbocycles. The predicted molar refractivity (Wildman–Crippen MR) is 67.9 cm³/mol. The smallest absolute Gasteiger partial charge is 0.223 e. The van der Waals surface area contributed by atoms with E-state index in [0.29, 0.717) is 0 Å². The van der Waals surface area contributed by atoms with Crippen LogP contribution < -0.4 is 0 Å². The topological polar surface area (TPSA) is 24.7 Å². The van der Waals surface area contributed by atoms with Crippen molar-refractivity contribution in [2.45, 2.75) is 17.9 Å². The van der Waals surface area contributed by atoms with E-state index in [9.17, 15) is 26.3 Å². The van der Waals surface area contributed by atoms with Gasteiger partial charge in [0.05, 0.1) is 0 Å². The molecule has 0 atom stereocenters. The Morgan fingerprint density at radius 3 is 1.24 bits per heavy atom. The molecular formula is C11H6Cl2F6N2. The molecule has 1 heterocycles. The van der Waals surface area contributed by atoms with Gasteiger partial charge in [-0.3, -0.25) is 0 Å². The van der Waals surface area contributed by atoms with Crippen LogP contribution in [0.2, 0.25) is 0 Å². The van der Waals surface area contributed by atoms with Crippen LogP contribution in [0.25, 0.3) is 0 Å². The maximum absolute atomic E-state index is 12.3. The first-order valence-electron chi connectivity index (χ1n) is 5.16. The van der Waals surface area contributed by atoms with Gasteiger partial charge in [0.25, 0.3) is 0 Å². The third-order valence-electron chi connectivity index (χ3n) is 2.24. The van der Waals surface area contributed by atoms with Gasteiger partial charge in [-0.25, -0.2) is 9.98 Å². The number of benzene rings is 1. The standard InChI is InChI=1S/C6H6.C5Cl2F6N2/c1-2-4-6-5-3-1;6-1-3(4(8,9)10,5(11,12)13)15-2(7)14-1/h1-6H;. The molecule has 10 heteroatoms. The zero-order valence-electron chi connectivity index (χ0n) is 9.88. The summed E-state index contributed by atoms with van der Waals surface area (Å²) < 4.78 is 73.7. The first-order chi connectivity index (χ1) is 9.52. The Morgan fingerprint density at radius 1 is 0.762 bits per heavy atom. The van der Waals surface area contributed by atoms with Crippen LogP contribution >= 0.6 is 23.2 Å². The summed E-state index contributed by atoms with van der Waals surface area (Å²) in [6.07, 6.45) is -11.5. The summed E-state index contributed by atoms with van der Waals surface area (Å²) in [5.41, 5.74) is -4.53. The van der Waals surface area contributed by atoms with Crippen LogP contribution in [-0.4, -0.2) is 28.4 Å². The van der Waals surface area contributed by atoms with Crippen molar-refractivity contribution in [3.05, 3.63) is 36.4 Å². The molecule has 0 saturated heterocycles. The number of hydrogen-bond acceptors (Lipinski definition) is 2. The minimum absolute atomic E-state index is 1.19. The van der Waals surface area contributed by atoms with Gasteiger partial charge in [-0.2, -0.15) is 26.3 Å². The fraction of sp³-hybridized carbons (Fsp3) is 0.273. The first kappa shape index (κ1) is 17.8. The van der Waals surface area contributed by atoms with Gasteiger partial charge in [0, 0.05) is 0 Å². The minimum Gasteiger partial charge on any atom is -0.223 e. The molecule has 2 rings (SSSR count). The molecule has 1 aliphatic rings. The highest BCUT2D eigenvalue weighted by molar-refractivity contribution is 6.75. The van der Waals surface area contributed by atoms with Crippen LogP contribution in [0.3, 0.4) is 0 Å². The number of nitrogens with zero attached hydrogens (tertiary/aromatic N) is 2. The molecule has 0 unspecified atom stereocenters. The van der Waals surface area contributed by atoms with E-state index >= 15 is 0 Å². The van der Waals surface area contributed by atoms with Crippen molar-refractivity contribution in [2.75, 3.05) is 0 Å². The quantitative estimate of drug-likeness (QED) is 0.475. The van der Waals surface area contributed by atoms with Crippen LogP contribution in [0.1, 0.15) is 0 Å². The van der Waals surface area contributed by atoms with Gasteiger partial charge in [0.2, 0.25) is 5.29 Å². The summed E-state index contributed by atoms with van der Waals surface area (Å²) in [5, 5.41) is -2.94. The fourth-order valence-electron chi connectivity index (χ4n) is 1.28. The summed E-state index contributed by atoms with van der Waals surface area (Å²) >= 11 is 9.69. The van der Waals surface area contributed by atoms with Crippen molar-refractivity contribution in [1.82, 2.24) is 0 Å². The second-order valence-electron chi connectivity index (χ2n) is 3.64.